The Bertz CT molecular complexity index is 554. The van der Waals surface area contributed by atoms with E-state index in [-0.39, 0.29) is 0 Å². The van der Waals surface area contributed by atoms with Gasteiger partial charge in [0, 0.05) is 5.69 Å². The lowest BCUT2D eigenvalue weighted by Gasteiger charge is -2.21. The third kappa shape index (κ3) is 3.41. The topological polar surface area (TPSA) is 12.0 Å². The van der Waals surface area contributed by atoms with E-state index >= 15 is 0 Å². The van der Waals surface area contributed by atoms with E-state index in [9.17, 15) is 0 Å². The van der Waals surface area contributed by atoms with Crippen LogP contribution in [0.25, 0.3) is 0 Å². The highest BCUT2D eigenvalue weighted by molar-refractivity contribution is 5.53. The maximum absolute atomic E-state index is 3.68. The van der Waals surface area contributed by atoms with Crippen LogP contribution < -0.4 is 5.32 Å². The van der Waals surface area contributed by atoms with Crippen LogP contribution in [0.15, 0.2) is 42.5 Å². The third-order valence-electron chi connectivity index (χ3n) is 3.91. The Balaban J connectivity index is 2.19. The molecule has 0 aliphatic rings. The number of nitrogens with one attached hydrogen (secondary N) is 1. The van der Waals surface area contributed by atoms with Gasteiger partial charge in [0.25, 0.3) is 0 Å². The van der Waals surface area contributed by atoms with E-state index in [1.165, 1.54) is 27.9 Å². The fourth-order valence-corrected chi connectivity index (χ4v) is 2.57. The monoisotopic (exact) mass is 267 g/mol. The third-order valence-corrected chi connectivity index (χ3v) is 3.91. The lowest BCUT2D eigenvalue weighted by Crippen LogP contribution is -2.10. The van der Waals surface area contributed by atoms with Crippen LogP contribution in [0.4, 0.5) is 5.69 Å². The maximum atomic E-state index is 3.68. The van der Waals surface area contributed by atoms with Gasteiger partial charge in [-0.25, -0.2) is 0 Å². The van der Waals surface area contributed by atoms with Crippen molar-refractivity contribution in [2.24, 2.45) is 0 Å². The summed E-state index contributed by atoms with van der Waals surface area (Å²) in [5.74, 6) is 0. The summed E-state index contributed by atoms with van der Waals surface area (Å²) in [6, 6.07) is 15.9. The molecule has 20 heavy (non-hydrogen) atoms. The summed E-state index contributed by atoms with van der Waals surface area (Å²) < 4.78 is 0. The average molecular weight is 267 g/mol. The van der Waals surface area contributed by atoms with E-state index in [4.69, 9.17) is 0 Å². The molecule has 0 fully saturated rings. The molecule has 0 heterocycles. The van der Waals surface area contributed by atoms with E-state index in [0.29, 0.717) is 6.04 Å². The van der Waals surface area contributed by atoms with Gasteiger partial charge in [-0.15, -0.1) is 0 Å². The van der Waals surface area contributed by atoms with E-state index in [0.717, 1.165) is 12.8 Å². The molecule has 0 saturated carbocycles. The minimum Gasteiger partial charge on any atom is -0.378 e. The molecule has 0 spiro atoms. The van der Waals surface area contributed by atoms with Crippen LogP contribution in [-0.4, -0.2) is 0 Å². The van der Waals surface area contributed by atoms with Gasteiger partial charge in [0.2, 0.25) is 0 Å². The van der Waals surface area contributed by atoms with E-state index in [2.05, 4.69) is 75.5 Å². The fourth-order valence-electron chi connectivity index (χ4n) is 2.57. The minimum atomic E-state index is 0.377. The van der Waals surface area contributed by atoms with Crippen LogP contribution >= 0.6 is 0 Å². The zero-order valence-corrected chi connectivity index (χ0v) is 13.0. The molecule has 0 bridgehead atoms. The fraction of sp³-hybridized carbons (Fsp3) is 0.368. The number of anilines is 1. The Hall–Kier alpha value is -1.76. The molecule has 106 valence electrons. The zero-order valence-electron chi connectivity index (χ0n) is 13.0. The summed E-state index contributed by atoms with van der Waals surface area (Å²) in [7, 11) is 0. The Labute approximate surface area is 123 Å². The first-order valence-electron chi connectivity index (χ1n) is 7.56. The molecular weight excluding hydrogens is 242 g/mol. The minimum absolute atomic E-state index is 0.377. The van der Waals surface area contributed by atoms with Crippen molar-refractivity contribution in [3.05, 3.63) is 64.7 Å². The van der Waals surface area contributed by atoms with Crippen molar-refractivity contribution in [2.45, 2.75) is 46.6 Å². The van der Waals surface area contributed by atoms with Crippen molar-refractivity contribution in [1.82, 2.24) is 0 Å². The Kier molecular flexibility index (Phi) is 4.84. The molecule has 2 rings (SSSR count). The molecule has 0 radical (unpaired) electrons. The highest BCUT2D eigenvalue weighted by Crippen LogP contribution is 2.25. The van der Waals surface area contributed by atoms with Gasteiger partial charge in [0.1, 0.15) is 0 Å². The summed E-state index contributed by atoms with van der Waals surface area (Å²) >= 11 is 0. The van der Waals surface area contributed by atoms with Gasteiger partial charge < -0.3 is 5.32 Å². The molecule has 0 aromatic heterocycles. The standard InChI is InChI=1S/C19H25N/c1-5-16-8-10-17(11-9-16)18(6-2)20-19-12-7-14(3)13-15(19)4/h7-13,18,20H,5-6H2,1-4H3. The van der Waals surface area contributed by atoms with Crippen molar-refractivity contribution >= 4 is 5.69 Å². The normalized spacial score (nSPS) is 12.2. The molecule has 1 nitrogen and oxygen atoms in total. The molecule has 1 heteroatoms. The van der Waals surface area contributed by atoms with Crippen molar-refractivity contribution in [3.63, 3.8) is 0 Å². The lowest BCUT2D eigenvalue weighted by atomic mass is 10.0. The number of hydrogen-bond donors (Lipinski definition) is 1. The van der Waals surface area contributed by atoms with Gasteiger partial charge in [-0.05, 0) is 49.4 Å². The second kappa shape index (κ2) is 6.60. The van der Waals surface area contributed by atoms with Crippen LogP contribution in [0.5, 0.6) is 0 Å². The maximum Gasteiger partial charge on any atom is 0.0511 e. The predicted molar refractivity (Wildman–Crippen MR) is 88.4 cm³/mol. The Morgan fingerprint density at radius 1 is 0.950 bits per heavy atom. The summed E-state index contributed by atoms with van der Waals surface area (Å²) in [6.07, 6.45) is 2.18. The molecule has 0 saturated heterocycles. The average Bonchev–Trinajstić information content (AvgIpc) is 2.47. The summed E-state index contributed by atoms with van der Waals surface area (Å²) in [5.41, 5.74) is 6.63. The zero-order chi connectivity index (χ0) is 14.5. The molecule has 2 aromatic carbocycles. The molecule has 0 aliphatic heterocycles. The SMILES string of the molecule is CCc1ccc(C(CC)Nc2ccc(C)cc2C)cc1. The first kappa shape index (κ1) is 14.6. The second-order valence-corrected chi connectivity index (χ2v) is 5.52. The van der Waals surface area contributed by atoms with Crippen LogP contribution in [0.3, 0.4) is 0 Å². The highest BCUT2D eigenvalue weighted by Gasteiger charge is 2.10. The van der Waals surface area contributed by atoms with Gasteiger partial charge >= 0.3 is 0 Å². The smallest absolute Gasteiger partial charge is 0.0511 e. The summed E-state index contributed by atoms with van der Waals surface area (Å²) in [5, 5.41) is 3.68. The number of rotatable bonds is 5. The predicted octanol–water partition coefficient (Wildman–Crippen LogP) is 5.43. The first-order chi connectivity index (χ1) is 9.63. The molecule has 0 amide bonds. The molecule has 1 N–H and O–H groups in total. The number of hydrogen-bond acceptors (Lipinski definition) is 1. The largest absolute Gasteiger partial charge is 0.378 e. The Morgan fingerprint density at radius 2 is 1.65 bits per heavy atom. The van der Waals surface area contributed by atoms with Gasteiger partial charge in [-0.1, -0.05) is 55.8 Å². The first-order valence-corrected chi connectivity index (χ1v) is 7.56. The van der Waals surface area contributed by atoms with Crippen molar-refractivity contribution in [2.75, 3.05) is 5.32 Å². The molecule has 0 aliphatic carbocycles. The van der Waals surface area contributed by atoms with Gasteiger partial charge in [-0.2, -0.15) is 0 Å². The Morgan fingerprint density at radius 3 is 2.20 bits per heavy atom. The van der Waals surface area contributed by atoms with E-state index in [1.807, 2.05) is 0 Å². The summed E-state index contributed by atoms with van der Waals surface area (Å²) in [6.45, 7) is 8.73. The van der Waals surface area contributed by atoms with Crippen LogP contribution in [-0.2, 0) is 6.42 Å². The van der Waals surface area contributed by atoms with Crippen LogP contribution in [0.1, 0.15) is 48.6 Å². The highest BCUT2D eigenvalue weighted by atomic mass is 14.9. The lowest BCUT2D eigenvalue weighted by molar-refractivity contribution is 0.748. The van der Waals surface area contributed by atoms with Crippen molar-refractivity contribution in [1.29, 1.82) is 0 Å². The quantitative estimate of drug-likeness (QED) is 0.761. The van der Waals surface area contributed by atoms with Gasteiger partial charge in [0.05, 0.1) is 6.04 Å². The molecule has 2 aromatic rings. The second-order valence-electron chi connectivity index (χ2n) is 5.52. The number of aryl methyl sites for hydroxylation is 3. The van der Waals surface area contributed by atoms with Gasteiger partial charge in [-0.3, -0.25) is 0 Å². The van der Waals surface area contributed by atoms with E-state index in [1.54, 1.807) is 0 Å². The molecule has 1 unspecified atom stereocenters. The molecular formula is C19H25N. The van der Waals surface area contributed by atoms with E-state index < -0.39 is 0 Å². The van der Waals surface area contributed by atoms with Crippen LogP contribution in [0, 0.1) is 13.8 Å². The van der Waals surface area contributed by atoms with Crippen molar-refractivity contribution < 1.29 is 0 Å². The number of benzene rings is 2. The van der Waals surface area contributed by atoms with Crippen LogP contribution in [0.2, 0.25) is 0 Å². The van der Waals surface area contributed by atoms with Crippen molar-refractivity contribution in [3.8, 4) is 0 Å². The van der Waals surface area contributed by atoms with Gasteiger partial charge in [0.15, 0.2) is 0 Å². The summed E-state index contributed by atoms with van der Waals surface area (Å²) in [4.78, 5) is 0. The molecule has 1 atom stereocenters.